The molecule has 0 spiro atoms. The van der Waals surface area contributed by atoms with Gasteiger partial charge in [0.25, 0.3) is 0 Å². The summed E-state index contributed by atoms with van der Waals surface area (Å²) in [5, 5.41) is 0. The quantitative estimate of drug-likeness (QED) is 0.629. The molecule has 6 heteroatoms. The highest BCUT2D eigenvalue weighted by molar-refractivity contribution is 7.33. The van der Waals surface area contributed by atoms with E-state index in [2.05, 4.69) is 0 Å². The van der Waals surface area contributed by atoms with E-state index in [1.54, 1.807) is 0 Å². The van der Waals surface area contributed by atoms with Crippen LogP contribution in [0.5, 0.6) is 0 Å². The molecular weight excluding hydrogens is 243 g/mol. The van der Waals surface area contributed by atoms with Crippen LogP contribution in [0.2, 0.25) is 0 Å². The first kappa shape index (κ1) is 13.4. The van der Waals surface area contributed by atoms with Crippen LogP contribution in [0.25, 0.3) is 0 Å². The van der Waals surface area contributed by atoms with Gasteiger partial charge < -0.3 is 9.47 Å². The second kappa shape index (κ2) is 3.72. The topological polar surface area (TPSA) is 54.0 Å². The average molecular weight is 263 g/mol. The summed E-state index contributed by atoms with van der Waals surface area (Å²) >= 11 is 0. The fraction of sp³-hybridized carbons (Fsp3) is 1.00. The predicted molar refractivity (Wildman–Crippen MR) is 61.8 cm³/mol. The number of ether oxygens (including phenoxy) is 2. The molecule has 2 heterocycles. The molecule has 2 fully saturated rings. The lowest BCUT2D eigenvalue weighted by Crippen LogP contribution is -2.50. The summed E-state index contributed by atoms with van der Waals surface area (Å²) in [7, 11) is -2.16. The van der Waals surface area contributed by atoms with Crippen molar-refractivity contribution in [1.29, 1.82) is 0 Å². The Labute approximate surface area is 103 Å². The first-order valence-electron chi connectivity index (χ1n) is 5.75. The molecule has 0 N–H and O–H groups in total. The van der Waals surface area contributed by atoms with Crippen LogP contribution in [0.4, 0.5) is 0 Å². The van der Waals surface area contributed by atoms with Crippen LogP contribution in [0, 0.1) is 0 Å². The van der Waals surface area contributed by atoms with Gasteiger partial charge in [-0.15, -0.1) is 0 Å². The van der Waals surface area contributed by atoms with Gasteiger partial charge in [0, 0.05) is 0 Å². The lowest BCUT2D eigenvalue weighted by Gasteiger charge is -2.32. The van der Waals surface area contributed by atoms with Crippen LogP contribution in [-0.2, 0) is 23.1 Å². The summed E-state index contributed by atoms with van der Waals surface area (Å²) < 4.78 is 34.3. The summed E-state index contributed by atoms with van der Waals surface area (Å²) in [5.74, 6) is -0.681. The fourth-order valence-corrected chi connectivity index (χ4v) is 3.30. The first-order valence-corrected chi connectivity index (χ1v) is 6.84. The molecular formula is C11H20O5P. The molecule has 0 amide bonds. The molecule has 1 radical (unpaired) electrons. The molecule has 2 atom stereocenters. The molecule has 2 saturated heterocycles. The van der Waals surface area contributed by atoms with Gasteiger partial charge in [0.15, 0.2) is 5.79 Å². The smallest absolute Gasteiger partial charge is 0.341 e. The molecule has 99 valence electrons. The molecule has 0 aromatic heterocycles. The van der Waals surface area contributed by atoms with Crippen molar-refractivity contribution < 1.29 is 23.1 Å². The Balaban J connectivity index is 2.39. The zero-order valence-electron chi connectivity index (χ0n) is 11.1. The van der Waals surface area contributed by atoms with Crippen LogP contribution in [0.1, 0.15) is 41.5 Å². The Bertz CT molecular complexity index is 320. The molecule has 0 aromatic carbocycles. The fourth-order valence-electron chi connectivity index (χ4n) is 2.28. The normalized spacial score (nSPS) is 38.6. The third-order valence-electron chi connectivity index (χ3n) is 3.09. The van der Waals surface area contributed by atoms with Crippen molar-refractivity contribution in [1.82, 2.24) is 0 Å². The Morgan fingerprint density at radius 2 is 1.18 bits per heavy atom. The zero-order chi connectivity index (χ0) is 13.1. The molecule has 17 heavy (non-hydrogen) atoms. The molecule has 2 rings (SSSR count). The monoisotopic (exact) mass is 263 g/mol. The van der Waals surface area contributed by atoms with Crippen molar-refractivity contribution in [2.24, 2.45) is 0 Å². The number of hydrogen-bond donors (Lipinski definition) is 0. The SMILES string of the molecule is CC1(C)O[C@@H]2[C@@H](O1)C(C)(C)O[P](=O)OC2(C)C. The highest BCUT2D eigenvalue weighted by Gasteiger charge is 2.58. The molecule has 0 saturated carbocycles. The van der Waals surface area contributed by atoms with Gasteiger partial charge in [-0.25, -0.2) is 4.57 Å². The van der Waals surface area contributed by atoms with E-state index in [0.29, 0.717) is 0 Å². The summed E-state index contributed by atoms with van der Waals surface area (Å²) in [6.07, 6.45) is -0.622. The summed E-state index contributed by atoms with van der Waals surface area (Å²) in [6.45, 7) is 11.1. The van der Waals surface area contributed by atoms with E-state index in [1.165, 1.54) is 0 Å². The molecule has 0 bridgehead atoms. The Kier molecular flexibility index (Phi) is 2.92. The standard InChI is InChI=1S/C11H20O5P/c1-9(2)7-8(14-11(5,6)13-7)10(3,4)16-17(12)15-9/h7-8H,1-6H3/t7-,8-/m1/s1. The minimum Gasteiger partial charge on any atom is -0.341 e. The van der Waals surface area contributed by atoms with E-state index < -0.39 is 25.2 Å². The van der Waals surface area contributed by atoms with E-state index in [9.17, 15) is 4.57 Å². The predicted octanol–water partition coefficient (Wildman–Crippen LogP) is 2.77. The van der Waals surface area contributed by atoms with Crippen molar-refractivity contribution in [2.75, 3.05) is 0 Å². The summed E-state index contributed by atoms with van der Waals surface area (Å²) in [5.41, 5.74) is -1.42. The first-order chi connectivity index (χ1) is 7.54. The van der Waals surface area contributed by atoms with E-state index in [0.717, 1.165) is 0 Å². The van der Waals surface area contributed by atoms with Gasteiger partial charge >= 0.3 is 8.25 Å². The third kappa shape index (κ3) is 2.40. The van der Waals surface area contributed by atoms with E-state index in [1.807, 2.05) is 41.5 Å². The number of rotatable bonds is 0. The van der Waals surface area contributed by atoms with Crippen LogP contribution in [0.15, 0.2) is 0 Å². The van der Waals surface area contributed by atoms with Crippen molar-refractivity contribution in [2.45, 2.75) is 70.7 Å². The maximum atomic E-state index is 11.7. The lowest BCUT2D eigenvalue weighted by molar-refractivity contribution is -0.173. The second-order valence-corrected chi connectivity index (χ2v) is 6.90. The highest BCUT2D eigenvalue weighted by Crippen LogP contribution is 2.50. The van der Waals surface area contributed by atoms with E-state index in [-0.39, 0.29) is 12.2 Å². The van der Waals surface area contributed by atoms with Crippen LogP contribution in [-0.4, -0.2) is 29.2 Å². The van der Waals surface area contributed by atoms with Gasteiger partial charge in [-0.2, -0.15) is 0 Å². The number of fused-ring (bicyclic) bond motifs is 1. The van der Waals surface area contributed by atoms with Gasteiger partial charge in [0.05, 0.1) is 0 Å². The minimum atomic E-state index is -2.16. The van der Waals surface area contributed by atoms with Crippen molar-refractivity contribution in [3.8, 4) is 0 Å². The maximum absolute atomic E-state index is 11.7. The molecule has 5 nitrogen and oxygen atoms in total. The van der Waals surface area contributed by atoms with Crippen LogP contribution in [0.3, 0.4) is 0 Å². The van der Waals surface area contributed by atoms with Gasteiger partial charge in [-0.05, 0) is 41.5 Å². The molecule has 0 aromatic rings. The van der Waals surface area contributed by atoms with E-state index in [4.69, 9.17) is 18.5 Å². The van der Waals surface area contributed by atoms with Crippen molar-refractivity contribution in [3.05, 3.63) is 0 Å². The minimum absolute atomic E-state index is 0.311. The average Bonchev–Trinajstić information content (AvgIpc) is 2.37. The van der Waals surface area contributed by atoms with Crippen LogP contribution < -0.4 is 0 Å². The van der Waals surface area contributed by atoms with Crippen molar-refractivity contribution >= 4 is 8.25 Å². The van der Waals surface area contributed by atoms with Gasteiger partial charge in [0.2, 0.25) is 0 Å². The van der Waals surface area contributed by atoms with Gasteiger partial charge in [-0.1, -0.05) is 0 Å². The maximum Gasteiger partial charge on any atom is 0.370 e. The largest absolute Gasteiger partial charge is 0.370 e. The van der Waals surface area contributed by atoms with Crippen molar-refractivity contribution in [3.63, 3.8) is 0 Å². The molecule has 2 aliphatic rings. The molecule has 0 unspecified atom stereocenters. The Morgan fingerprint density at radius 1 is 0.824 bits per heavy atom. The third-order valence-corrected chi connectivity index (χ3v) is 4.33. The van der Waals surface area contributed by atoms with Gasteiger partial charge in [-0.3, -0.25) is 9.05 Å². The van der Waals surface area contributed by atoms with Crippen LogP contribution >= 0.6 is 8.25 Å². The molecule has 2 aliphatic heterocycles. The Morgan fingerprint density at radius 3 is 1.53 bits per heavy atom. The van der Waals surface area contributed by atoms with E-state index >= 15 is 0 Å². The summed E-state index contributed by atoms with van der Waals surface area (Å²) in [6, 6.07) is 0. The number of hydrogen-bond acceptors (Lipinski definition) is 5. The zero-order valence-corrected chi connectivity index (χ0v) is 12.0. The Hall–Kier alpha value is -0.0600. The second-order valence-electron chi connectivity index (χ2n) is 6.09. The van der Waals surface area contributed by atoms with Gasteiger partial charge in [0.1, 0.15) is 23.4 Å². The summed E-state index contributed by atoms with van der Waals surface area (Å²) in [4.78, 5) is 0. The molecule has 0 aliphatic carbocycles. The lowest BCUT2D eigenvalue weighted by atomic mass is 9.88. The highest BCUT2D eigenvalue weighted by atomic mass is 31.1.